The lowest BCUT2D eigenvalue weighted by molar-refractivity contribution is -0.138. The lowest BCUT2D eigenvalue weighted by Gasteiger charge is -2.37. The average molecular weight is 631 g/mol. The van der Waals surface area contributed by atoms with Crippen LogP contribution in [0.3, 0.4) is 0 Å². The van der Waals surface area contributed by atoms with Gasteiger partial charge in [-0.25, -0.2) is 14.2 Å². The molecule has 1 fully saturated rings. The topological polar surface area (TPSA) is 89.4 Å². The van der Waals surface area contributed by atoms with Gasteiger partial charge in [-0.3, -0.25) is 18.8 Å². The van der Waals surface area contributed by atoms with E-state index in [-0.39, 0.29) is 17.9 Å². The molecule has 1 aliphatic rings. The van der Waals surface area contributed by atoms with Crippen LogP contribution in [0.5, 0.6) is 0 Å². The zero-order valence-corrected chi connectivity index (χ0v) is 24.7. The van der Waals surface area contributed by atoms with E-state index in [0.29, 0.717) is 43.4 Å². The Morgan fingerprint density at radius 3 is 2.30 bits per heavy atom. The van der Waals surface area contributed by atoms with Crippen LogP contribution in [-0.2, 0) is 25.8 Å². The lowest BCUT2D eigenvalue weighted by atomic mass is 10.1. The van der Waals surface area contributed by atoms with E-state index >= 15 is 0 Å². The number of nitrogens with two attached hydrogens (primary N) is 1. The van der Waals surface area contributed by atoms with Gasteiger partial charge in [0.2, 0.25) is 0 Å². The van der Waals surface area contributed by atoms with Crippen molar-refractivity contribution in [2.75, 3.05) is 31.1 Å². The number of aromatic nitrogens is 3. The molecule has 1 aliphatic heterocycles. The minimum absolute atomic E-state index is 0.143. The monoisotopic (exact) mass is 630 g/mol. The number of halogens is 5. The Morgan fingerprint density at radius 1 is 0.932 bits per heavy atom. The third-order valence-electron chi connectivity index (χ3n) is 7.92. The summed E-state index contributed by atoms with van der Waals surface area (Å²) in [6.07, 6.45) is -3.25. The largest absolute Gasteiger partial charge is 0.416 e. The highest BCUT2D eigenvalue weighted by Gasteiger charge is 2.35. The van der Waals surface area contributed by atoms with Gasteiger partial charge in [-0.1, -0.05) is 54.1 Å². The van der Waals surface area contributed by atoms with Gasteiger partial charge in [0, 0.05) is 61.8 Å². The second-order valence-corrected chi connectivity index (χ2v) is 11.1. The van der Waals surface area contributed by atoms with Gasteiger partial charge in [0.15, 0.2) is 0 Å². The van der Waals surface area contributed by atoms with Crippen LogP contribution in [0.2, 0.25) is 5.15 Å². The van der Waals surface area contributed by atoms with Crippen LogP contribution in [-0.4, -0.2) is 45.2 Å². The Labute approximate surface area is 255 Å². The summed E-state index contributed by atoms with van der Waals surface area (Å²) in [6, 6.07) is 14.4. The fourth-order valence-corrected chi connectivity index (χ4v) is 5.73. The molecule has 1 atom stereocenters. The third-order valence-corrected chi connectivity index (χ3v) is 8.26. The maximum Gasteiger partial charge on any atom is 0.416 e. The van der Waals surface area contributed by atoms with Crippen molar-refractivity contribution in [3.63, 3.8) is 0 Å². The minimum Gasteiger partial charge on any atom is -0.363 e. The second-order valence-electron chi connectivity index (χ2n) is 10.7. The van der Waals surface area contributed by atoms with Crippen molar-refractivity contribution in [2.24, 2.45) is 5.73 Å². The van der Waals surface area contributed by atoms with E-state index in [1.165, 1.54) is 6.92 Å². The number of hydrogen-bond donors (Lipinski definition) is 1. The molecule has 13 heteroatoms. The van der Waals surface area contributed by atoms with Crippen molar-refractivity contribution in [1.82, 2.24) is 19.0 Å². The van der Waals surface area contributed by atoms with Gasteiger partial charge < -0.3 is 10.6 Å². The van der Waals surface area contributed by atoms with Gasteiger partial charge in [0.1, 0.15) is 16.7 Å². The Morgan fingerprint density at radius 2 is 1.64 bits per heavy atom. The molecular formula is C31H31ClF4N6O2. The Kier molecular flexibility index (Phi) is 9.23. The van der Waals surface area contributed by atoms with E-state index in [1.807, 2.05) is 11.0 Å². The average Bonchev–Trinajstić information content (AvgIpc) is 3.00. The van der Waals surface area contributed by atoms with Crippen molar-refractivity contribution in [3.8, 4) is 0 Å². The molecule has 0 aliphatic carbocycles. The molecule has 44 heavy (non-hydrogen) atoms. The molecule has 0 spiro atoms. The van der Waals surface area contributed by atoms with E-state index in [4.69, 9.17) is 17.3 Å². The predicted octanol–water partition coefficient (Wildman–Crippen LogP) is 4.60. The molecule has 8 nitrogen and oxygen atoms in total. The SMILES string of the molecule is Cc1c(N2CCN(Cc3cccnc3Cl)CC2)c(=O)n(CC(N)c2ccccc2)c(=O)n1Cc1c(F)cccc1C(F)(F)F. The molecule has 0 bridgehead atoms. The highest BCUT2D eigenvalue weighted by atomic mass is 35.5. The predicted molar refractivity (Wildman–Crippen MR) is 160 cm³/mol. The van der Waals surface area contributed by atoms with Crippen LogP contribution < -0.4 is 21.9 Å². The van der Waals surface area contributed by atoms with Gasteiger partial charge in [-0.05, 0) is 30.7 Å². The molecule has 2 aromatic carbocycles. The molecular weight excluding hydrogens is 600 g/mol. The van der Waals surface area contributed by atoms with Crippen LogP contribution in [0.15, 0.2) is 76.4 Å². The fourth-order valence-electron chi connectivity index (χ4n) is 5.55. The molecule has 2 N–H and O–H groups in total. The van der Waals surface area contributed by atoms with Gasteiger partial charge >= 0.3 is 11.9 Å². The van der Waals surface area contributed by atoms with Crippen molar-refractivity contribution < 1.29 is 17.6 Å². The van der Waals surface area contributed by atoms with E-state index in [2.05, 4.69) is 9.88 Å². The summed E-state index contributed by atoms with van der Waals surface area (Å²) >= 11 is 6.23. The van der Waals surface area contributed by atoms with E-state index in [1.54, 1.807) is 42.6 Å². The highest BCUT2D eigenvalue weighted by Crippen LogP contribution is 2.33. The standard InChI is InChI=1S/C31H31ClF4N6O2/c1-20-27(40-15-13-39(14-16-40)17-22-9-6-12-38-28(22)32)29(43)42(19-26(37)21-7-3-2-4-8-21)30(44)41(20)18-23-24(31(34,35)36)10-5-11-25(23)33/h2-12,26H,13-19,37H2,1H3. The number of anilines is 1. The third kappa shape index (κ3) is 6.57. The first kappa shape index (κ1) is 31.4. The minimum atomic E-state index is -4.85. The maximum absolute atomic E-state index is 14.9. The summed E-state index contributed by atoms with van der Waals surface area (Å²) in [5, 5.41) is 0.405. The summed E-state index contributed by atoms with van der Waals surface area (Å²) in [7, 11) is 0. The van der Waals surface area contributed by atoms with Crippen molar-refractivity contribution >= 4 is 17.3 Å². The molecule has 5 rings (SSSR count). The molecule has 3 heterocycles. The molecule has 0 saturated carbocycles. The van der Waals surface area contributed by atoms with Crippen LogP contribution in [0.4, 0.5) is 23.2 Å². The van der Waals surface area contributed by atoms with Crippen molar-refractivity contribution in [2.45, 2.75) is 38.8 Å². The molecule has 0 radical (unpaired) electrons. The van der Waals surface area contributed by atoms with Gasteiger partial charge in [-0.2, -0.15) is 13.2 Å². The van der Waals surface area contributed by atoms with E-state index in [0.717, 1.165) is 32.9 Å². The maximum atomic E-state index is 14.9. The first-order valence-electron chi connectivity index (χ1n) is 14.0. The van der Waals surface area contributed by atoms with Crippen LogP contribution in [0.25, 0.3) is 0 Å². The zero-order valence-electron chi connectivity index (χ0n) is 23.9. The molecule has 1 unspecified atom stereocenters. The van der Waals surface area contributed by atoms with E-state index < -0.39 is 47.0 Å². The normalized spacial score (nSPS) is 15.0. The first-order valence-corrected chi connectivity index (χ1v) is 14.4. The van der Waals surface area contributed by atoms with Gasteiger partial charge in [-0.15, -0.1) is 0 Å². The number of alkyl halides is 3. The Hall–Kier alpha value is -4.00. The second kappa shape index (κ2) is 12.9. The number of rotatable bonds is 8. The van der Waals surface area contributed by atoms with Crippen LogP contribution in [0, 0.1) is 12.7 Å². The lowest BCUT2D eigenvalue weighted by Crippen LogP contribution is -2.51. The van der Waals surface area contributed by atoms with Gasteiger partial charge in [0.25, 0.3) is 5.56 Å². The summed E-state index contributed by atoms with van der Waals surface area (Å²) in [4.78, 5) is 35.8. The molecule has 4 aromatic rings. The number of hydrogen-bond acceptors (Lipinski definition) is 6. The number of pyridine rings is 1. The number of nitrogens with zero attached hydrogens (tertiary/aromatic N) is 5. The summed E-state index contributed by atoms with van der Waals surface area (Å²) in [5.41, 5.74) is 4.87. The summed E-state index contributed by atoms with van der Waals surface area (Å²) < 4.78 is 58.5. The fraction of sp³-hybridized carbons (Fsp3) is 0.323. The van der Waals surface area contributed by atoms with Gasteiger partial charge in [0.05, 0.1) is 18.7 Å². The van der Waals surface area contributed by atoms with Crippen molar-refractivity contribution in [1.29, 1.82) is 0 Å². The number of benzene rings is 2. The summed E-state index contributed by atoms with van der Waals surface area (Å²) in [5.74, 6) is -1.10. The van der Waals surface area contributed by atoms with Crippen LogP contribution in [0.1, 0.15) is 34.0 Å². The molecule has 232 valence electrons. The number of piperazine rings is 1. The van der Waals surface area contributed by atoms with Crippen molar-refractivity contribution in [3.05, 3.63) is 127 Å². The first-order chi connectivity index (χ1) is 21.0. The Bertz CT molecular complexity index is 1750. The smallest absolute Gasteiger partial charge is 0.363 e. The Balaban J connectivity index is 1.54. The molecule has 1 saturated heterocycles. The highest BCUT2D eigenvalue weighted by molar-refractivity contribution is 6.30. The van der Waals surface area contributed by atoms with E-state index in [9.17, 15) is 27.2 Å². The molecule has 2 aromatic heterocycles. The molecule has 0 amide bonds. The summed E-state index contributed by atoms with van der Waals surface area (Å²) in [6.45, 7) is 2.96. The quantitative estimate of drug-likeness (QED) is 0.226. The zero-order chi connectivity index (χ0) is 31.6. The van der Waals surface area contributed by atoms with Crippen LogP contribution >= 0.6 is 11.6 Å².